The number of benzene rings is 2. The zero-order valence-corrected chi connectivity index (χ0v) is 15.1. The van der Waals surface area contributed by atoms with E-state index in [0.29, 0.717) is 0 Å². The molecule has 1 saturated heterocycles. The van der Waals surface area contributed by atoms with Crippen LogP contribution in [0.1, 0.15) is 10.4 Å². The lowest BCUT2D eigenvalue weighted by molar-refractivity contribution is 0.0736. The number of nitrogens with zero attached hydrogens (tertiary/aromatic N) is 2. The average Bonchev–Trinajstić information content (AvgIpc) is 2.73. The highest BCUT2D eigenvalue weighted by atomic mass is 32.2. The van der Waals surface area contributed by atoms with Crippen LogP contribution in [0.25, 0.3) is 10.9 Å². The van der Waals surface area contributed by atoms with E-state index in [1.54, 1.807) is 0 Å². The lowest BCUT2D eigenvalue weighted by Gasteiger charge is -2.27. The molecule has 1 aliphatic heterocycles. The fourth-order valence-electron chi connectivity index (χ4n) is 3.00. The van der Waals surface area contributed by atoms with E-state index in [2.05, 4.69) is 33.2 Å². The largest absolute Gasteiger partial charge is 0.336 e. The first-order valence-electron chi connectivity index (χ1n) is 8.68. The van der Waals surface area contributed by atoms with E-state index >= 15 is 0 Å². The first-order chi connectivity index (χ1) is 12.8. The molecule has 0 aliphatic carbocycles. The van der Waals surface area contributed by atoms with Crippen molar-refractivity contribution < 1.29 is 4.79 Å². The molecule has 0 radical (unpaired) electrons. The predicted molar refractivity (Wildman–Crippen MR) is 106 cm³/mol. The van der Waals surface area contributed by atoms with Crippen LogP contribution in [0.3, 0.4) is 0 Å². The van der Waals surface area contributed by atoms with Crippen LogP contribution in [0, 0.1) is 0 Å². The number of pyridine rings is 1. The van der Waals surface area contributed by atoms with E-state index < -0.39 is 0 Å². The molecule has 0 atom stereocenters. The van der Waals surface area contributed by atoms with Crippen molar-refractivity contribution in [2.75, 3.05) is 30.9 Å². The second kappa shape index (κ2) is 7.76. The van der Waals surface area contributed by atoms with Gasteiger partial charge < -0.3 is 14.9 Å². The van der Waals surface area contributed by atoms with E-state index in [-0.39, 0.29) is 5.91 Å². The minimum atomic E-state index is 0.101. The number of nitrogens with one attached hydrogen (secondary N) is 2. The number of carbonyl (C=O) groups is 1. The Balaban J connectivity index is 1.43. The molecule has 3 aromatic rings. The number of hydrogen-bond donors (Lipinski definition) is 2. The molecule has 2 aromatic carbocycles. The van der Waals surface area contributed by atoms with Gasteiger partial charge in [-0.1, -0.05) is 18.2 Å². The minimum Gasteiger partial charge on any atom is -0.336 e. The Morgan fingerprint density at radius 2 is 1.81 bits per heavy atom. The van der Waals surface area contributed by atoms with E-state index in [1.807, 2.05) is 47.5 Å². The molecule has 132 valence electrons. The topological polar surface area (TPSA) is 57.3 Å². The molecule has 5 nitrogen and oxygen atoms in total. The van der Waals surface area contributed by atoms with Gasteiger partial charge in [-0.25, -0.2) is 0 Å². The van der Waals surface area contributed by atoms with Crippen molar-refractivity contribution in [1.29, 1.82) is 0 Å². The average molecular weight is 364 g/mol. The van der Waals surface area contributed by atoms with Gasteiger partial charge in [0.25, 0.3) is 5.91 Å². The van der Waals surface area contributed by atoms with Gasteiger partial charge in [0, 0.05) is 49.0 Å². The second-order valence-corrected chi connectivity index (χ2v) is 7.00. The SMILES string of the molecule is O=C(c1ccc(NSc2cccc3cccnc23)cc1)N1CCNCC1. The van der Waals surface area contributed by atoms with Gasteiger partial charge >= 0.3 is 0 Å². The van der Waals surface area contributed by atoms with Gasteiger partial charge in [0.15, 0.2) is 0 Å². The van der Waals surface area contributed by atoms with Crippen molar-refractivity contribution in [2.24, 2.45) is 0 Å². The fraction of sp³-hybridized carbons (Fsp3) is 0.200. The Morgan fingerprint density at radius 1 is 1.04 bits per heavy atom. The molecule has 2 heterocycles. The second-order valence-electron chi connectivity index (χ2n) is 6.15. The number of para-hydroxylation sites is 1. The molecule has 1 fully saturated rings. The monoisotopic (exact) mass is 364 g/mol. The number of carbonyl (C=O) groups excluding carboxylic acids is 1. The van der Waals surface area contributed by atoms with Crippen LogP contribution in [0.5, 0.6) is 0 Å². The summed E-state index contributed by atoms with van der Waals surface area (Å²) in [6.45, 7) is 3.26. The Morgan fingerprint density at radius 3 is 2.62 bits per heavy atom. The van der Waals surface area contributed by atoms with Crippen molar-refractivity contribution in [1.82, 2.24) is 15.2 Å². The summed E-state index contributed by atoms with van der Waals surface area (Å²) in [5.74, 6) is 0.101. The summed E-state index contributed by atoms with van der Waals surface area (Å²) in [5.41, 5.74) is 2.67. The smallest absolute Gasteiger partial charge is 0.253 e. The summed E-state index contributed by atoms with van der Waals surface area (Å²) in [4.78, 5) is 19.9. The Labute approximate surface area is 156 Å². The molecular weight excluding hydrogens is 344 g/mol. The molecule has 0 saturated carbocycles. The number of hydrogen-bond acceptors (Lipinski definition) is 5. The normalized spacial score (nSPS) is 14.4. The van der Waals surface area contributed by atoms with Gasteiger partial charge in [0.05, 0.1) is 10.4 Å². The zero-order chi connectivity index (χ0) is 17.8. The van der Waals surface area contributed by atoms with Gasteiger partial charge in [-0.15, -0.1) is 0 Å². The number of amides is 1. The summed E-state index contributed by atoms with van der Waals surface area (Å²) >= 11 is 1.53. The number of anilines is 1. The predicted octanol–water partition coefficient (Wildman–Crippen LogP) is 3.40. The van der Waals surface area contributed by atoms with E-state index in [4.69, 9.17) is 0 Å². The maximum Gasteiger partial charge on any atom is 0.253 e. The van der Waals surface area contributed by atoms with Crippen LogP contribution in [0.2, 0.25) is 0 Å². The van der Waals surface area contributed by atoms with Crippen LogP contribution < -0.4 is 10.0 Å². The van der Waals surface area contributed by atoms with Crippen LogP contribution in [0.4, 0.5) is 5.69 Å². The van der Waals surface area contributed by atoms with Crippen LogP contribution in [0.15, 0.2) is 65.7 Å². The Kier molecular flexibility index (Phi) is 5.04. The first-order valence-corrected chi connectivity index (χ1v) is 9.49. The summed E-state index contributed by atoms with van der Waals surface area (Å²) in [5, 5.41) is 4.38. The summed E-state index contributed by atoms with van der Waals surface area (Å²) in [6, 6.07) is 17.8. The lowest BCUT2D eigenvalue weighted by Crippen LogP contribution is -2.46. The van der Waals surface area contributed by atoms with E-state index in [9.17, 15) is 4.79 Å². The summed E-state index contributed by atoms with van der Waals surface area (Å²) in [7, 11) is 0. The van der Waals surface area contributed by atoms with Gasteiger partial charge in [0.2, 0.25) is 0 Å². The molecule has 1 amide bonds. The van der Waals surface area contributed by atoms with Gasteiger partial charge in [-0.3, -0.25) is 9.78 Å². The lowest BCUT2D eigenvalue weighted by atomic mass is 10.1. The van der Waals surface area contributed by atoms with E-state index in [1.165, 1.54) is 11.9 Å². The summed E-state index contributed by atoms with van der Waals surface area (Å²) < 4.78 is 3.34. The molecule has 26 heavy (non-hydrogen) atoms. The maximum absolute atomic E-state index is 12.5. The standard InChI is InChI=1S/C20H20N4OS/c25-20(24-13-11-21-12-14-24)16-6-8-17(9-7-16)23-26-18-5-1-3-15-4-2-10-22-19(15)18/h1-10,21,23H,11-14H2. The Hall–Kier alpha value is -2.57. The van der Waals surface area contributed by atoms with Gasteiger partial charge in [0.1, 0.15) is 0 Å². The minimum absolute atomic E-state index is 0.101. The molecule has 0 unspecified atom stereocenters. The molecule has 1 aliphatic rings. The van der Waals surface area contributed by atoms with Crippen molar-refractivity contribution >= 4 is 34.4 Å². The molecule has 0 bridgehead atoms. The van der Waals surface area contributed by atoms with Crippen LogP contribution >= 0.6 is 11.9 Å². The van der Waals surface area contributed by atoms with Crippen LogP contribution in [-0.2, 0) is 0 Å². The maximum atomic E-state index is 12.5. The molecular formula is C20H20N4OS. The molecule has 4 rings (SSSR count). The zero-order valence-electron chi connectivity index (χ0n) is 14.3. The van der Waals surface area contributed by atoms with Gasteiger partial charge in [-0.2, -0.15) is 0 Å². The quantitative estimate of drug-likeness (QED) is 0.695. The van der Waals surface area contributed by atoms with Crippen molar-refractivity contribution in [3.8, 4) is 0 Å². The van der Waals surface area contributed by atoms with Crippen molar-refractivity contribution in [3.05, 3.63) is 66.4 Å². The summed E-state index contributed by atoms with van der Waals surface area (Å²) in [6.07, 6.45) is 1.81. The van der Waals surface area contributed by atoms with Crippen LogP contribution in [-0.4, -0.2) is 42.0 Å². The third kappa shape index (κ3) is 3.66. The highest BCUT2D eigenvalue weighted by Gasteiger charge is 2.17. The number of piperazine rings is 1. The Bertz CT molecular complexity index is 902. The molecule has 6 heteroatoms. The molecule has 0 spiro atoms. The number of aromatic nitrogens is 1. The van der Waals surface area contributed by atoms with Crippen molar-refractivity contribution in [2.45, 2.75) is 4.90 Å². The third-order valence-electron chi connectivity index (χ3n) is 4.41. The van der Waals surface area contributed by atoms with E-state index in [0.717, 1.165) is 53.2 Å². The van der Waals surface area contributed by atoms with Gasteiger partial charge in [-0.05, 0) is 48.3 Å². The molecule has 1 aromatic heterocycles. The highest BCUT2D eigenvalue weighted by Crippen LogP contribution is 2.27. The third-order valence-corrected chi connectivity index (χ3v) is 5.30. The first kappa shape index (κ1) is 16.9. The number of rotatable bonds is 4. The fourth-order valence-corrected chi connectivity index (χ4v) is 3.78. The number of fused-ring (bicyclic) bond motifs is 1. The van der Waals surface area contributed by atoms with Crippen molar-refractivity contribution in [3.63, 3.8) is 0 Å². The highest BCUT2D eigenvalue weighted by molar-refractivity contribution is 8.00. The molecule has 2 N–H and O–H groups in total.